The van der Waals surface area contributed by atoms with Crippen LogP contribution in [0.4, 0.5) is 0 Å². The highest BCUT2D eigenvalue weighted by Crippen LogP contribution is 2.71. The molecule has 0 radical (unpaired) electrons. The van der Waals surface area contributed by atoms with Crippen LogP contribution in [0.25, 0.3) is 0 Å². The molecule has 1 unspecified atom stereocenters. The smallest absolute Gasteiger partial charge is 0.306 e. The second kappa shape index (κ2) is 5.77. The van der Waals surface area contributed by atoms with Crippen LogP contribution in [0.5, 0.6) is 0 Å². The van der Waals surface area contributed by atoms with Crippen molar-refractivity contribution in [1.82, 2.24) is 0 Å². The zero-order valence-electron chi connectivity index (χ0n) is 16.0. The molecule has 2 saturated heterocycles. The van der Waals surface area contributed by atoms with Crippen LogP contribution in [0.1, 0.15) is 47.0 Å². The summed E-state index contributed by atoms with van der Waals surface area (Å²) in [7, 11) is 0. The Balaban J connectivity index is 1.68. The third kappa shape index (κ3) is 2.22. The lowest BCUT2D eigenvalue weighted by molar-refractivity contribution is -0.226. The Morgan fingerprint density at radius 3 is 2.69 bits per heavy atom. The Bertz CT molecular complexity index is 638. The van der Waals surface area contributed by atoms with Gasteiger partial charge in [0.2, 0.25) is 0 Å². The van der Waals surface area contributed by atoms with Gasteiger partial charge in [-0.3, -0.25) is 4.79 Å². The van der Waals surface area contributed by atoms with Gasteiger partial charge < -0.3 is 24.4 Å². The molecule has 2 aliphatic heterocycles. The summed E-state index contributed by atoms with van der Waals surface area (Å²) in [5, 5.41) is 21.1. The Labute approximate surface area is 154 Å². The van der Waals surface area contributed by atoms with Crippen molar-refractivity contribution in [2.75, 3.05) is 13.2 Å². The quantitative estimate of drug-likeness (QED) is 0.446. The first-order valence-corrected chi connectivity index (χ1v) is 9.65. The lowest BCUT2D eigenvalue weighted by Crippen LogP contribution is -2.65. The molecular formula is C20H30O6. The largest absolute Gasteiger partial charge is 0.458 e. The number of carbonyl (C=O) groups excluding carboxylic acids is 1. The molecule has 6 nitrogen and oxygen atoms in total. The molecule has 2 bridgehead atoms. The van der Waals surface area contributed by atoms with E-state index in [0.29, 0.717) is 25.9 Å². The Morgan fingerprint density at radius 2 is 2.12 bits per heavy atom. The Kier molecular flexibility index (Phi) is 4.09. The van der Waals surface area contributed by atoms with Crippen molar-refractivity contribution < 1.29 is 29.2 Å². The molecule has 0 aromatic heterocycles. The number of ether oxygens (including phenoxy) is 3. The number of aliphatic hydroxyl groups excluding tert-OH is 2. The molecule has 2 heterocycles. The van der Waals surface area contributed by atoms with Crippen molar-refractivity contribution in [3.05, 3.63) is 11.6 Å². The predicted octanol–water partition coefficient (Wildman–Crippen LogP) is 1.58. The second-order valence-electron chi connectivity index (χ2n) is 9.26. The monoisotopic (exact) mass is 366 g/mol. The van der Waals surface area contributed by atoms with E-state index in [2.05, 4.69) is 6.92 Å². The van der Waals surface area contributed by atoms with Crippen LogP contribution in [-0.2, 0) is 19.0 Å². The van der Waals surface area contributed by atoms with Gasteiger partial charge in [-0.25, -0.2) is 0 Å². The number of aliphatic hydroxyl groups is 2. The SMILES string of the molecule is CC1=C[C@H]2OC3[C@H](O)C[C@](C)([C@@]2(CO)C[C@@H]1OC(=O)CC(C)C)[C@@]31CO1. The lowest BCUT2D eigenvalue weighted by Gasteiger charge is -2.58. The van der Waals surface area contributed by atoms with E-state index in [9.17, 15) is 15.0 Å². The molecule has 26 heavy (non-hydrogen) atoms. The van der Waals surface area contributed by atoms with E-state index in [1.54, 1.807) is 0 Å². The maximum atomic E-state index is 12.2. The molecule has 7 atom stereocenters. The fourth-order valence-electron chi connectivity index (χ4n) is 5.69. The van der Waals surface area contributed by atoms with Crippen molar-refractivity contribution in [3.8, 4) is 0 Å². The topological polar surface area (TPSA) is 88.5 Å². The molecular weight excluding hydrogens is 336 g/mol. The molecule has 146 valence electrons. The van der Waals surface area contributed by atoms with Crippen molar-refractivity contribution in [2.24, 2.45) is 16.7 Å². The van der Waals surface area contributed by atoms with E-state index in [4.69, 9.17) is 14.2 Å². The van der Waals surface area contributed by atoms with Gasteiger partial charge in [0.1, 0.15) is 17.8 Å². The Morgan fingerprint density at radius 1 is 1.42 bits per heavy atom. The minimum Gasteiger partial charge on any atom is -0.458 e. The van der Waals surface area contributed by atoms with Crippen LogP contribution in [0.15, 0.2) is 11.6 Å². The van der Waals surface area contributed by atoms with Crippen molar-refractivity contribution >= 4 is 5.97 Å². The number of esters is 1. The van der Waals surface area contributed by atoms with Crippen LogP contribution in [-0.4, -0.2) is 59.4 Å². The molecule has 1 saturated carbocycles. The van der Waals surface area contributed by atoms with Crippen LogP contribution < -0.4 is 0 Å². The van der Waals surface area contributed by atoms with Gasteiger partial charge in [-0.05, 0) is 31.3 Å². The normalized spacial score (nSPS) is 49.1. The maximum absolute atomic E-state index is 12.2. The number of hydrogen-bond donors (Lipinski definition) is 2. The predicted molar refractivity (Wildman–Crippen MR) is 93.3 cm³/mol. The fourth-order valence-corrected chi connectivity index (χ4v) is 5.69. The third-order valence-corrected chi connectivity index (χ3v) is 7.36. The van der Waals surface area contributed by atoms with Gasteiger partial charge in [-0.15, -0.1) is 0 Å². The molecule has 0 amide bonds. The average molecular weight is 366 g/mol. The number of rotatable bonds is 4. The zero-order chi connectivity index (χ0) is 18.9. The fraction of sp³-hybridized carbons (Fsp3) is 0.850. The van der Waals surface area contributed by atoms with E-state index in [-0.39, 0.29) is 36.8 Å². The molecule has 2 aliphatic carbocycles. The number of fused-ring (bicyclic) bond motifs is 2. The summed E-state index contributed by atoms with van der Waals surface area (Å²) in [5.74, 6) is 0.0206. The van der Waals surface area contributed by atoms with Gasteiger partial charge in [-0.2, -0.15) is 0 Å². The average Bonchev–Trinajstić information content (AvgIpc) is 3.31. The van der Waals surface area contributed by atoms with Gasteiger partial charge in [-0.1, -0.05) is 26.8 Å². The lowest BCUT2D eigenvalue weighted by atomic mass is 9.51. The third-order valence-electron chi connectivity index (χ3n) is 7.36. The molecule has 4 aliphatic rings. The minimum absolute atomic E-state index is 0.0965. The summed E-state index contributed by atoms with van der Waals surface area (Å²) in [6.07, 6.45) is 1.71. The Hall–Kier alpha value is -0.950. The van der Waals surface area contributed by atoms with Crippen molar-refractivity contribution in [3.63, 3.8) is 0 Å². The van der Waals surface area contributed by atoms with E-state index in [1.165, 1.54) is 0 Å². The molecule has 3 fully saturated rings. The van der Waals surface area contributed by atoms with Crippen LogP contribution in [0.2, 0.25) is 0 Å². The summed E-state index contributed by atoms with van der Waals surface area (Å²) >= 11 is 0. The molecule has 0 aromatic rings. The van der Waals surface area contributed by atoms with E-state index in [1.807, 2.05) is 26.8 Å². The van der Waals surface area contributed by atoms with Gasteiger partial charge in [0, 0.05) is 17.3 Å². The molecule has 4 rings (SSSR count). The van der Waals surface area contributed by atoms with E-state index < -0.39 is 22.5 Å². The van der Waals surface area contributed by atoms with Gasteiger partial charge in [0.05, 0.1) is 25.4 Å². The highest BCUT2D eigenvalue weighted by molar-refractivity contribution is 5.70. The summed E-state index contributed by atoms with van der Waals surface area (Å²) in [5.41, 5.74) is -0.653. The van der Waals surface area contributed by atoms with E-state index >= 15 is 0 Å². The van der Waals surface area contributed by atoms with Crippen LogP contribution in [0, 0.1) is 16.7 Å². The number of carbonyl (C=O) groups is 1. The highest BCUT2D eigenvalue weighted by atomic mass is 16.6. The summed E-state index contributed by atoms with van der Waals surface area (Å²) in [4.78, 5) is 12.2. The summed E-state index contributed by atoms with van der Waals surface area (Å²) < 4.78 is 17.9. The molecule has 2 N–H and O–H groups in total. The second-order valence-corrected chi connectivity index (χ2v) is 9.26. The maximum Gasteiger partial charge on any atom is 0.306 e. The number of epoxide rings is 1. The van der Waals surface area contributed by atoms with Gasteiger partial charge in [0.15, 0.2) is 0 Å². The minimum atomic E-state index is -0.639. The first kappa shape index (κ1) is 18.4. The number of hydrogen-bond acceptors (Lipinski definition) is 6. The van der Waals surface area contributed by atoms with Crippen LogP contribution >= 0.6 is 0 Å². The highest BCUT2D eigenvalue weighted by Gasteiger charge is 2.81. The van der Waals surface area contributed by atoms with Gasteiger partial charge in [0.25, 0.3) is 0 Å². The standard InChI is InChI=1S/C20H30O6/c1-11(2)5-16(23)25-14-8-19(9-21)15(6-12(14)3)26-17-13(22)7-18(19,4)20(17)10-24-20/h6,11,13-15,17,21-22H,5,7-10H2,1-4H3/t13-,14+,15-,17?,18-,19-,20-/m1/s1. The molecule has 1 spiro atoms. The zero-order valence-corrected chi connectivity index (χ0v) is 16.0. The van der Waals surface area contributed by atoms with Crippen molar-refractivity contribution in [1.29, 1.82) is 0 Å². The summed E-state index contributed by atoms with van der Waals surface area (Å²) in [6.45, 7) is 8.45. The van der Waals surface area contributed by atoms with E-state index in [0.717, 1.165) is 5.57 Å². The van der Waals surface area contributed by atoms with Crippen molar-refractivity contribution in [2.45, 2.75) is 77.0 Å². The first-order chi connectivity index (χ1) is 12.2. The summed E-state index contributed by atoms with van der Waals surface area (Å²) in [6, 6.07) is 0. The van der Waals surface area contributed by atoms with Crippen LogP contribution in [0.3, 0.4) is 0 Å². The first-order valence-electron chi connectivity index (χ1n) is 9.65. The van der Waals surface area contributed by atoms with Gasteiger partial charge >= 0.3 is 5.97 Å². The molecule has 6 heteroatoms. The molecule has 0 aromatic carbocycles.